The molecule has 2 N–H and O–H groups in total. The monoisotopic (exact) mass is 300 g/mol. The van der Waals surface area contributed by atoms with Crippen molar-refractivity contribution in [3.05, 3.63) is 17.9 Å². The summed E-state index contributed by atoms with van der Waals surface area (Å²) >= 11 is 0. The van der Waals surface area contributed by atoms with Gasteiger partial charge in [-0.1, -0.05) is 13.3 Å². The van der Waals surface area contributed by atoms with E-state index in [0.29, 0.717) is 12.3 Å². The van der Waals surface area contributed by atoms with Gasteiger partial charge in [-0.05, 0) is 50.8 Å². The Morgan fingerprint density at radius 2 is 1.95 bits per heavy atom. The van der Waals surface area contributed by atoms with Crippen LogP contribution in [0.2, 0.25) is 0 Å². The van der Waals surface area contributed by atoms with Gasteiger partial charge in [0.1, 0.15) is 5.76 Å². The minimum atomic E-state index is -3.53. The maximum atomic E-state index is 12.2. The number of hydrogen-bond acceptors (Lipinski definition) is 4. The van der Waals surface area contributed by atoms with Gasteiger partial charge in [0.2, 0.25) is 5.09 Å². The van der Waals surface area contributed by atoms with Crippen molar-refractivity contribution in [2.75, 3.05) is 7.05 Å². The van der Waals surface area contributed by atoms with Gasteiger partial charge >= 0.3 is 0 Å². The van der Waals surface area contributed by atoms with Crippen molar-refractivity contribution < 1.29 is 12.8 Å². The smallest absolute Gasteiger partial charge is 0.274 e. The topological polar surface area (TPSA) is 71.3 Å². The Labute approximate surface area is 121 Å². The summed E-state index contributed by atoms with van der Waals surface area (Å²) in [5.41, 5.74) is 0. The molecule has 1 saturated carbocycles. The molecule has 1 aliphatic carbocycles. The molecule has 0 saturated heterocycles. The fourth-order valence-electron chi connectivity index (χ4n) is 2.74. The van der Waals surface area contributed by atoms with Crippen molar-refractivity contribution in [1.29, 1.82) is 0 Å². The molecule has 1 aliphatic rings. The van der Waals surface area contributed by atoms with Crippen LogP contribution < -0.4 is 10.0 Å². The molecule has 0 radical (unpaired) electrons. The van der Waals surface area contributed by atoms with Crippen LogP contribution in [-0.2, 0) is 16.6 Å². The van der Waals surface area contributed by atoms with E-state index in [1.54, 1.807) is 13.1 Å². The highest BCUT2D eigenvalue weighted by Crippen LogP contribution is 2.27. The minimum Gasteiger partial charge on any atom is -0.447 e. The minimum absolute atomic E-state index is 0.0142. The third-order valence-electron chi connectivity index (χ3n) is 4.00. The molecule has 0 aliphatic heterocycles. The number of furan rings is 1. The van der Waals surface area contributed by atoms with Gasteiger partial charge in [0.25, 0.3) is 10.0 Å². The molecule has 20 heavy (non-hydrogen) atoms. The number of nitrogens with one attached hydrogen (secondary N) is 2. The Morgan fingerprint density at radius 3 is 2.55 bits per heavy atom. The molecule has 0 bridgehead atoms. The van der Waals surface area contributed by atoms with Crippen LogP contribution in [-0.4, -0.2) is 21.5 Å². The Hall–Kier alpha value is -0.850. The molecule has 1 fully saturated rings. The van der Waals surface area contributed by atoms with E-state index in [1.165, 1.54) is 12.5 Å². The molecule has 1 heterocycles. The maximum absolute atomic E-state index is 12.2. The summed E-state index contributed by atoms with van der Waals surface area (Å²) < 4.78 is 32.6. The maximum Gasteiger partial charge on any atom is 0.274 e. The Balaban J connectivity index is 1.96. The van der Waals surface area contributed by atoms with Crippen LogP contribution in [0.4, 0.5) is 0 Å². The quantitative estimate of drug-likeness (QED) is 0.845. The highest BCUT2D eigenvalue weighted by molar-refractivity contribution is 7.89. The summed E-state index contributed by atoms with van der Waals surface area (Å²) in [5.74, 6) is 1.38. The van der Waals surface area contributed by atoms with Crippen LogP contribution in [0.15, 0.2) is 21.6 Å². The first-order valence-corrected chi connectivity index (χ1v) is 8.79. The van der Waals surface area contributed by atoms with Crippen LogP contribution in [0.1, 0.15) is 44.8 Å². The van der Waals surface area contributed by atoms with Crippen molar-refractivity contribution in [3.8, 4) is 0 Å². The van der Waals surface area contributed by atoms with Crippen molar-refractivity contribution >= 4 is 10.0 Å². The average molecular weight is 300 g/mol. The van der Waals surface area contributed by atoms with E-state index in [9.17, 15) is 8.42 Å². The first-order valence-electron chi connectivity index (χ1n) is 7.30. The summed E-state index contributed by atoms with van der Waals surface area (Å²) in [6.07, 6.45) is 5.23. The van der Waals surface area contributed by atoms with E-state index >= 15 is 0 Å². The third-order valence-corrected chi connectivity index (χ3v) is 5.39. The van der Waals surface area contributed by atoms with Crippen LogP contribution in [0, 0.1) is 5.92 Å². The summed E-state index contributed by atoms with van der Waals surface area (Å²) in [4.78, 5) is 0. The highest BCUT2D eigenvalue weighted by Gasteiger charge is 2.26. The van der Waals surface area contributed by atoms with Gasteiger partial charge in [0.15, 0.2) is 0 Å². The molecule has 114 valence electrons. The number of rotatable bonds is 6. The number of sulfonamides is 1. The van der Waals surface area contributed by atoms with Gasteiger partial charge in [-0.25, -0.2) is 13.1 Å². The van der Waals surface area contributed by atoms with Crippen molar-refractivity contribution in [1.82, 2.24) is 10.0 Å². The highest BCUT2D eigenvalue weighted by atomic mass is 32.2. The molecule has 2 rings (SSSR count). The van der Waals surface area contributed by atoms with Gasteiger partial charge in [-0.15, -0.1) is 0 Å². The van der Waals surface area contributed by atoms with Crippen LogP contribution in [0.3, 0.4) is 0 Å². The lowest BCUT2D eigenvalue weighted by Gasteiger charge is -2.27. The summed E-state index contributed by atoms with van der Waals surface area (Å²) in [7, 11) is -1.73. The van der Waals surface area contributed by atoms with Gasteiger partial charge in [-0.3, -0.25) is 0 Å². The van der Waals surface area contributed by atoms with Crippen molar-refractivity contribution in [3.63, 3.8) is 0 Å². The van der Waals surface area contributed by atoms with E-state index in [2.05, 4.69) is 17.0 Å². The molecular formula is C14H24N2O3S. The SMILES string of the molecule is CCC1CCC(NS(=O)(=O)c2ccc(CNC)o2)CC1. The van der Waals surface area contributed by atoms with E-state index in [-0.39, 0.29) is 11.1 Å². The summed E-state index contributed by atoms with van der Waals surface area (Å²) in [6.45, 7) is 2.72. The second-order valence-electron chi connectivity index (χ2n) is 5.50. The van der Waals surface area contributed by atoms with Crippen molar-refractivity contribution in [2.24, 2.45) is 5.92 Å². The largest absolute Gasteiger partial charge is 0.447 e. The van der Waals surface area contributed by atoms with E-state index in [1.807, 2.05) is 0 Å². The first kappa shape index (κ1) is 15.5. The van der Waals surface area contributed by atoms with E-state index < -0.39 is 10.0 Å². The molecule has 6 heteroatoms. The van der Waals surface area contributed by atoms with Gasteiger partial charge < -0.3 is 9.73 Å². The zero-order valence-electron chi connectivity index (χ0n) is 12.2. The molecule has 0 amide bonds. The summed E-state index contributed by atoms with van der Waals surface area (Å²) in [6, 6.07) is 3.26. The van der Waals surface area contributed by atoms with E-state index in [0.717, 1.165) is 31.6 Å². The lowest BCUT2D eigenvalue weighted by molar-refractivity contribution is 0.304. The molecular weight excluding hydrogens is 276 g/mol. The fraction of sp³-hybridized carbons (Fsp3) is 0.714. The van der Waals surface area contributed by atoms with Crippen LogP contribution >= 0.6 is 0 Å². The molecule has 0 aromatic carbocycles. The second kappa shape index (κ2) is 6.74. The Morgan fingerprint density at radius 1 is 1.25 bits per heavy atom. The van der Waals surface area contributed by atoms with Gasteiger partial charge in [0, 0.05) is 6.04 Å². The predicted molar refractivity (Wildman–Crippen MR) is 77.8 cm³/mol. The lowest BCUT2D eigenvalue weighted by atomic mass is 9.85. The standard InChI is InChI=1S/C14H24N2O3S/c1-3-11-4-6-12(7-5-11)16-20(17,18)14-9-8-13(19-14)10-15-2/h8-9,11-12,15-16H,3-7,10H2,1-2H3. The molecule has 5 nitrogen and oxygen atoms in total. The second-order valence-corrected chi connectivity index (χ2v) is 7.14. The summed E-state index contributed by atoms with van der Waals surface area (Å²) in [5, 5.41) is 2.95. The molecule has 1 aromatic rings. The Kier molecular flexibility index (Phi) is 5.23. The molecule has 0 unspecified atom stereocenters. The lowest BCUT2D eigenvalue weighted by Crippen LogP contribution is -2.37. The fourth-order valence-corrected chi connectivity index (χ4v) is 3.99. The van der Waals surface area contributed by atoms with E-state index in [4.69, 9.17) is 4.42 Å². The van der Waals surface area contributed by atoms with Gasteiger partial charge in [0.05, 0.1) is 6.54 Å². The number of hydrogen-bond donors (Lipinski definition) is 2. The zero-order valence-corrected chi connectivity index (χ0v) is 13.0. The molecule has 0 spiro atoms. The normalized spacial score (nSPS) is 23.9. The molecule has 1 aromatic heterocycles. The first-order chi connectivity index (χ1) is 9.55. The Bertz CT molecular complexity index is 516. The van der Waals surface area contributed by atoms with Crippen LogP contribution in [0.5, 0.6) is 0 Å². The van der Waals surface area contributed by atoms with Crippen molar-refractivity contribution in [2.45, 2.75) is 56.7 Å². The predicted octanol–water partition coefficient (Wildman–Crippen LogP) is 2.25. The average Bonchev–Trinajstić information content (AvgIpc) is 2.89. The van der Waals surface area contributed by atoms with Gasteiger partial charge in [-0.2, -0.15) is 0 Å². The van der Waals surface area contributed by atoms with Crippen LogP contribution in [0.25, 0.3) is 0 Å². The zero-order chi connectivity index (χ0) is 14.6. The molecule has 0 atom stereocenters. The third kappa shape index (κ3) is 3.84.